The molecule has 1 aromatic rings. The highest BCUT2D eigenvalue weighted by Crippen LogP contribution is 2.19. The van der Waals surface area contributed by atoms with E-state index in [1.165, 1.54) is 0 Å². The van der Waals surface area contributed by atoms with Gasteiger partial charge in [0.05, 0.1) is 13.2 Å². The molecule has 0 bridgehead atoms. The summed E-state index contributed by atoms with van der Waals surface area (Å²) in [5, 5.41) is 2.95. The minimum absolute atomic E-state index is 0.0163. The van der Waals surface area contributed by atoms with Crippen molar-refractivity contribution in [3.8, 4) is 0 Å². The number of likely N-dealkylation sites (tertiary alicyclic amines) is 1. The molecule has 0 atom stereocenters. The second kappa shape index (κ2) is 9.30. The van der Waals surface area contributed by atoms with Gasteiger partial charge < -0.3 is 10.1 Å². The average molecular weight is 318 g/mol. The number of rotatable bonds is 7. The number of para-hydroxylation sites is 1. The maximum Gasteiger partial charge on any atom is 0.320 e. The summed E-state index contributed by atoms with van der Waals surface area (Å²) in [4.78, 5) is 26.0. The van der Waals surface area contributed by atoms with Crippen LogP contribution in [0.4, 0.5) is 5.69 Å². The molecule has 2 rings (SSSR count). The van der Waals surface area contributed by atoms with E-state index in [1.54, 1.807) is 0 Å². The Morgan fingerprint density at radius 1 is 1.22 bits per heavy atom. The number of ether oxygens (including phenoxy) is 1. The quantitative estimate of drug-likeness (QED) is 0.620. The van der Waals surface area contributed by atoms with Gasteiger partial charge >= 0.3 is 5.97 Å². The Kier molecular flexibility index (Phi) is 7.07. The Balaban J connectivity index is 1.69. The maximum absolute atomic E-state index is 12.2. The van der Waals surface area contributed by atoms with Crippen LogP contribution in [-0.2, 0) is 14.3 Å². The summed E-state index contributed by atoms with van der Waals surface area (Å²) in [5.74, 6) is -0.0745. The third kappa shape index (κ3) is 6.02. The molecule has 1 aliphatic heterocycles. The number of carbonyl (C=O) groups is 2. The monoisotopic (exact) mass is 318 g/mol. The van der Waals surface area contributed by atoms with Crippen LogP contribution >= 0.6 is 0 Å². The zero-order valence-electron chi connectivity index (χ0n) is 13.8. The zero-order valence-corrected chi connectivity index (χ0v) is 13.8. The minimum Gasteiger partial charge on any atom is -0.465 e. The molecule has 0 saturated carbocycles. The van der Waals surface area contributed by atoms with Crippen LogP contribution in [0.3, 0.4) is 0 Å². The third-order valence-corrected chi connectivity index (χ3v) is 4.11. The van der Waals surface area contributed by atoms with E-state index in [2.05, 4.69) is 17.1 Å². The number of hydrogen-bond acceptors (Lipinski definition) is 4. The lowest BCUT2D eigenvalue weighted by molar-refractivity contribution is -0.145. The predicted molar refractivity (Wildman–Crippen MR) is 90.1 cm³/mol. The van der Waals surface area contributed by atoms with Gasteiger partial charge in [-0.1, -0.05) is 31.5 Å². The summed E-state index contributed by atoms with van der Waals surface area (Å²) in [6, 6.07) is 9.51. The molecule has 126 valence electrons. The molecule has 23 heavy (non-hydrogen) atoms. The van der Waals surface area contributed by atoms with Gasteiger partial charge in [0, 0.05) is 11.6 Å². The lowest BCUT2D eigenvalue weighted by atomic mass is 9.96. The van der Waals surface area contributed by atoms with E-state index >= 15 is 0 Å². The Morgan fingerprint density at radius 3 is 2.57 bits per heavy atom. The number of hydrogen-bond donors (Lipinski definition) is 1. The number of nitrogens with one attached hydrogen (secondary N) is 1. The van der Waals surface area contributed by atoms with Crippen molar-refractivity contribution in [2.45, 2.75) is 32.6 Å². The maximum atomic E-state index is 12.2. The zero-order chi connectivity index (χ0) is 16.5. The van der Waals surface area contributed by atoms with Crippen LogP contribution in [0.25, 0.3) is 0 Å². The van der Waals surface area contributed by atoms with Crippen molar-refractivity contribution in [3.63, 3.8) is 0 Å². The Morgan fingerprint density at radius 2 is 1.91 bits per heavy atom. The highest BCUT2D eigenvalue weighted by atomic mass is 16.5. The molecule has 1 amide bonds. The van der Waals surface area contributed by atoms with E-state index in [9.17, 15) is 9.59 Å². The van der Waals surface area contributed by atoms with Gasteiger partial charge in [-0.15, -0.1) is 0 Å². The van der Waals surface area contributed by atoms with E-state index in [1.807, 2.05) is 30.3 Å². The normalized spacial score (nSPS) is 16.0. The molecule has 0 spiro atoms. The van der Waals surface area contributed by atoms with Crippen LogP contribution in [0.5, 0.6) is 0 Å². The van der Waals surface area contributed by atoms with Crippen molar-refractivity contribution in [1.82, 2.24) is 4.90 Å². The molecule has 0 unspecified atom stereocenters. The summed E-state index contributed by atoms with van der Waals surface area (Å²) < 4.78 is 5.18. The number of carbonyl (C=O) groups excluding carboxylic acids is 2. The lowest BCUT2D eigenvalue weighted by Gasteiger charge is -2.30. The summed E-state index contributed by atoms with van der Waals surface area (Å²) >= 11 is 0. The first kappa shape index (κ1) is 17.5. The Hall–Kier alpha value is -1.88. The number of benzene rings is 1. The van der Waals surface area contributed by atoms with Gasteiger partial charge in [-0.05, 0) is 44.5 Å². The first-order valence-electron chi connectivity index (χ1n) is 8.43. The summed E-state index contributed by atoms with van der Waals surface area (Å²) in [6.45, 7) is 4.42. The van der Waals surface area contributed by atoms with Gasteiger partial charge in [0.15, 0.2) is 0 Å². The minimum atomic E-state index is -0.161. The molecular weight excluding hydrogens is 292 g/mol. The van der Waals surface area contributed by atoms with Crippen LogP contribution in [0, 0.1) is 5.92 Å². The molecule has 1 fully saturated rings. The molecule has 0 radical (unpaired) electrons. The van der Waals surface area contributed by atoms with Gasteiger partial charge in [0.25, 0.3) is 0 Å². The van der Waals surface area contributed by atoms with Gasteiger partial charge in [0.1, 0.15) is 0 Å². The smallest absolute Gasteiger partial charge is 0.320 e. The highest BCUT2D eigenvalue weighted by molar-refractivity contribution is 5.92. The van der Waals surface area contributed by atoms with Gasteiger partial charge in [0.2, 0.25) is 5.91 Å². The molecule has 1 aliphatic rings. The molecule has 1 aromatic carbocycles. The van der Waals surface area contributed by atoms with Crippen molar-refractivity contribution in [2.75, 3.05) is 31.6 Å². The number of unbranched alkanes of at least 4 members (excludes halogenated alkanes) is 1. The number of piperidine rings is 1. The fourth-order valence-corrected chi connectivity index (χ4v) is 2.68. The van der Waals surface area contributed by atoms with Crippen molar-refractivity contribution in [2.24, 2.45) is 5.92 Å². The molecule has 5 heteroatoms. The van der Waals surface area contributed by atoms with Crippen molar-refractivity contribution < 1.29 is 14.3 Å². The van der Waals surface area contributed by atoms with Gasteiger partial charge in [-0.3, -0.25) is 14.5 Å². The number of anilines is 1. The summed E-state index contributed by atoms with van der Waals surface area (Å²) in [5.41, 5.74) is 0.833. The molecular formula is C18H26N2O3. The second-order valence-electron chi connectivity index (χ2n) is 5.98. The van der Waals surface area contributed by atoms with E-state index in [-0.39, 0.29) is 17.8 Å². The summed E-state index contributed by atoms with van der Waals surface area (Å²) in [7, 11) is 0. The Bertz CT molecular complexity index is 496. The molecule has 0 aromatic heterocycles. The van der Waals surface area contributed by atoms with E-state index < -0.39 is 0 Å². The van der Waals surface area contributed by atoms with Gasteiger partial charge in [-0.2, -0.15) is 0 Å². The van der Waals surface area contributed by atoms with Crippen LogP contribution in [0.2, 0.25) is 0 Å². The number of amides is 1. The second-order valence-corrected chi connectivity index (χ2v) is 5.98. The number of nitrogens with zero attached hydrogens (tertiary/aromatic N) is 1. The molecule has 1 heterocycles. The van der Waals surface area contributed by atoms with Crippen molar-refractivity contribution in [1.29, 1.82) is 0 Å². The predicted octanol–water partition coefficient (Wildman–Crippen LogP) is 2.68. The van der Waals surface area contributed by atoms with Crippen LogP contribution < -0.4 is 5.32 Å². The van der Waals surface area contributed by atoms with Crippen LogP contribution in [0.15, 0.2) is 30.3 Å². The average Bonchev–Trinajstić information content (AvgIpc) is 2.56. The van der Waals surface area contributed by atoms with Crippen molar-refractivity contribution in [3.05, 3.63) is 30.3 Å². The standard InChI is InChI=1S/C18H26N2O3/c1-2-3-13-23-17(21)14-20-11-9-15(10-12-20)18(22)19-16-7-5-4-6-8-16/h4-8,15H,2-3,9-14H2,1H3,(H,19,22). The van der Waals surface area contributed by atoms with Gasteiger partial charge in [-0.25, -0.2) is 0 Å². The summed E-state index contributed by atoms with van der Waals surface area (Å²) in [6.07, 6.45) is 3.49. The van der Waals surface area contributed by atoms with Crippen LogP contribution in [-0.4, -0.2) is 43.0 Å². The molecule has 5 nitrogen and oxygen atoms in total. The third-order valence-electron chi connectivity index (χ3n) is 4.11. The molecule has 1 N–H and O–H groups in total. The van der Waals surface area contributed by atoms with E-state index in [0.717, 1.165) is 44.5 Å². The first-order valence-corrected chi connectivity index (χ1v) is 8.43. The molecule has 0 aliphatic carbocycles. The SMILES string of the molecule is CCCCOC(=O)CN1CCC(C(=O)Nc2ccccc2)CC1. The van der Waals surface area contributed by atoms with Crippen molar-refractivity contribution >= 4 is 17.6 Å². The lowest BCUT2D eigenvalue weighted by Crippen LogP contribution is -2.41. The Labute approximate surface area is 138 Å². The first-order chi connectivity index (χ1) is 11.2. The number of esters is 1. The fourth-order valence-electron chi connectivity index (χ4n) is 2.68. The van der Waals surface area contributed by atoms with E-state index in [0.29, 0.717) is 13.2 Å². The topological polar surface area (TPSA) is 58.6 Å². The molecule has 1 saturated heterocycles. The fraction of sp³-hybridized carbons (Fsp3) is 0.556. The largest absolute Gasteiger partial charge is 0.465 e. The van der Waals surface area contributed by atoms with E-state index in [4.69, 9.17) is 4.74 Å². The highest BCUT2D eigenvalue weighted by Gasteiger charge is 2.26. The van der Waals surface area contributed by atoms with Crippen LogP contribution in [0.1, 0.15) is 32.6 Å².